The Balaban J connectivity index is 0.00000198. The Morgan fingerprint density at radius 2 is 1.57 bits per heavy atom. The number of phenolic OH excluding ortho intramolecular Hbond substituents is 1. The molecule has 2 heterocycles. The van der Waals surface area contributed by atoms with Gasteiger partial charge >= 0.3 is 0 Å². The standard InChI is InChI=1S/C32H37FN4O3.CH4O/c1-24-22-35(23-28-6-2-3-11-30(28)33)14-17-37(24)31(26-8-5-10-29(39)21-26)25-7-4-9-27(20-25)32(40)36-15-12-34(13-16-36)18-19-38;1-2/h2-11,19-21,24,31,39H,12-18,22-23H2,1H3;2H,1H3. The molecule has 42 heavy (non-hydrogen) atoms. The number of piperazine rings is 2. The highest BCUT2D eigenvalue weighted by molar-refractivity contribution is 5.94. The Morgan fingerprint density at radius 1 is 0.905 bits per heavy atom. The van der Waals surface area contributed by atoms with E-state index in [1.165, 1.54) is 6.07 Å². The van der Waals surface area contributed by atoms with E-state index in [-0.39, 0.29) is 29.6 Å². The number of hydrogen-bond donors (Lipinski definition) is 2. The summed E-state index contributed by atoms with van der Waals surface area (Å²) in [5.74, 6) is 0.0145. The van der Waals surface area contributed by atoms with E-state index < -0.39 is 0 Å². The van der Waals surface area contributed by atoms with Crippen molar-refractivity contribution in [1.82, 2.24) is 19.6 Å². The lowest BCUT2D eigenvalue weighted by Gasteiger charge is -2.44. The molecule has 8 nitrogen and oxygen atoms in total. The van der Waals surface area contributed by atoms with Crippen molar-refractivity contribution in [2.24, 2.45) is 0 Å². The number of phenols is 1. The number of carbonyl (C=O) groups is 2. The summed E-state index contributed by atoms with van der Waals surface area (Å²) < 4.78 is 14.3. The molecule has 2 N–H and O–H groups in total. The average molecular weight is 577 g/mol. The van der Waals surface area contributed by atoms with Gasteiger partial charge in [-0.05, 0) is 48.4 Å². The molecule has 9 heteroatoms. The minimum Gasteiger partial charge on any atom is -0.508 e. The molecule has 0 radical (unpaired) electrons. The van der Waals surface area contributed by atoms with Gasteiger partial charge in [0.2, 0.25) is 0 Å². The van der Waals surface area contributed by atoms with E-state index in [0.29, 0.717) is 50.4 Å². The third kappa shape index (κ3) is 7.60. The van der Waals surface area contributed by atoms with Crippen molar-refractivity contribution >= 4 is 12.2 Å². The van der Waals surface area contributed by atoms with Gasteiger partial charge in [-0.1, -0.05) is 42.5 Å². The molecule has 0 aliphatic carbocycles. The van der Waals surface area contributed by atoms with E-state index in [1.807, 2.05) is 53.4 Å². The van der Waals surface area contributed by atoms with Gasteiger partial charge in [-0.2, -0.15) is 0 Å². The molecule has 2 atom stereocenters. The quantitative estimate of drug-likeness (QED) is 0.398. The van der Waals surface area contributed by atoms with Crippen LogP contribution in [0.15, 0.2) is 72.8 Å². The monoisotopic (exact) mass is 576 g/mol. The fourth-order valence-corrected chi connectivity index (χ4v) is 5.98. The number of aliphatic hydroxyl groups excluding tert-OH is 1. The summed E-state index contributed by atoms with van der Waals surface area (Å²) >= 11 is 0. The van der Waals surface area contributed by atoms with Crippen molar-refractivity contribution in [3.63, 3.8) is 0 Å². The average Bonchev–Trinajstić information content (AvgIpc) is 3.01. The van der Waals surface area contributed by atoms with Crippen LogP contribution in [0.3, 0.4) is 0 Å². The zero-order valence-electron chi connectivity index (χ0n) is 24.4. The number of aldehydes is 1. The van der Waals surface area contributed by atoms with E-state index in [4.69, 9.17) is 5.11 Å². The van der Waals surface area contributed by atoms with Crippen molar-refractivity contribution in [3.05, 3.63) is 101 Å². The second-order valence-electron chi connectivity index (χ2n) is 10.8. The molecular formula is C33H41FN4O4. The minimum atomic E-state index is -0.179. The Bertz CT molecular complexity index is 1330. The summed E-state index contributed by atoms with van der Waals surface area (Å²) in [5.41, 5.74) is 3.29. The second kappa shape index (κ2) is 15.0. The molecule has 224 valence electrons. The molecule has 0 spiro atoms. The van der Waals surface area contributed by atoms with Gasteiger partial charge in [-0.15, -0.1) is 0 Å². The van der Waals surface area contributed by atoms with E-state index in [9.17, 15) is 19.1 Å². The lowest BCUT2D eigenvalue weighted by Crippen LogP contribution is -2.52. The number of amides is 1. The number of hydrogen-bond acceptors (Lipinski definition) is 7. The zero-order chi connectivity index (χ0) is 30.1. The van der Waals surface area contributed by atoms with Crippen molar-refractivity contribution in [2.45, 2.75) is 25.6 Å². The molecule has 0 saturated carbocycles. The number of aromatic hydroxyl groups is 1. The summed E-state index contributed by atoms with van der Waals surface area (Å²) in [6.07, 6.45) is 0.906. The Kier molecular flexibility index (Phi) is 11.2. The first kappa shape index (κ1) is 31.3. The molecule has 2 fully saturated rings. The third-order valence-corrected chi connectivity index (χ3v) is 8.07. The van der Waals surface area contributed by atoms with E-state index >= 15 is 0 Å². The third-order valence-electron chi connectivity index (χ3n) is 8.07. The highest BCUT2D eigenvalue weighted by Gasteiger charge is 2.32. The molecule has 2 aliphatic rings. The maximum atomic E-state index is 14.3. The van der Waals surface area contributed by atoms with Crippen molar-refractivity contribution in [1.29, 1.82) is 0 Å². The van der Waals surface area contributed by atoms with Crippen molar-refractivity contribution in [2.75, 3.05) is 59.5 Å². The first-order valence-electron chi connectivity index (χ1n) is 14.4. The zero-order valence-corrected chi connectivity index (χ0v) is 24.4. The summed E-state index contributed by atoms with van der Waals surface area (Å²) in [6.45, 7) is 7.99. The number of carbonyl (C=O) groups excluding carboxylic acids is 2. The lowest BCUT2D eigenvalue weighted by molar-refractivity contribution is -0.109. The van der Waals surface area contributed by atoms with Crippen LogP contribution in [-0.4, -0.2) is 108 Å². The largest absolute Gasteiger partial charge is 0.508 e. The highest BCUT2D eigenvalue weighted by atomic mass is 19.1. The number of nitrogens with zero attached hydrogens (tertiary/aromatic N) is 4. The number of benzene rings is 3. The number of aliphatic hydroxyl groups is 1. The Hall–Kier alpha value is -3.63. The fourth-order valence-electron chi connectivity index (χ4n) is 5.98. The van der Waals surface area contributed by atoms with Crippen LogP contribution < -0.4 is 0 Å². The summed E-state index contributed by atoms with van der Waals surface area (Å²) in [5, 5.41) is 17.3. The van der Waals surface area contributed by atoms with Crippen LogP contribution in [0.2, 0.25) is 0 Å². The van der Waals surface area contributed by atoms with Crippen LogP contribution in [0, 0.1) is 5.82 Å². The van der Waals surface area contributed by atoms with Crippen molar-refractivity contribution in [3.8, 4) is 5.75 Å². The summed E-state index contributed by atoms with van der Waals surface area (Å²) in [4.78, 5) is 32.9. The molecule has 2 saturated heterocycles. The van der Waals surface area contributed by atoms with Crippen LogP contribution in [0.25, 0.3) is 0 Å². The molecular weight excluding hydrogens is 535 g/mol. The van der Waals surface area contributed by atoms with E-state index in [0.717, 1.165) is 44.2 Å². The van der Waals surface area contributed by atoms with Gasteiger partial charge in [0, 0.05) is 76.6 Å². The van der Waals surface area contributed by atoms with Gasteiger partial charge in [-0.3, -0.25) is 19.5 Å². The molecule has 0 bridgehead atoms. The number of halogens is 1. The summed E-state index contributed by atoms with van der Waals surface area (Å²) in [6, 6.07) is 22.1. The smallest absolute Gasteiger partial charge is 0.253 e. The Morgan fingerprint density at radius 3 is 2.24 bits per heavy atom. The maximum absolute atomic E-state index is 14.3. The Labute approximate surface area is 247 Å². The van der Waals surface area contributed by atoms with Crippen LogP contribution in [0.5, 0.6) is 5.75 Å². The lowest BCUT2D eigenvalue weighted by atomic mass is 9.93. The first-order chi connectivity index (χ1) is 20.4. The molecule has 0 aromatic heterocycles. The fraction of sp³-hybridized carbons (Fsp3) is 0.394. The van der Waals surface area contributed by atoms with Gasteiger partial charge in [0.25, 0.3) is 5.91 Å². The normalized spacial score (nSPS) is 19.0. The minimum absolute atomic E-state index is 0.00924. The van der Waals surface area contributed by atoms with E-state index in [1.54, 1.807) is 18.2 Å². The predicted molar refractivity (Wildman–Crippen MR) is 161 cm³/mol. The van der Waals surface area contributed by atoms with Crippen LogP contribution in [0.1, 0.15) is 40.0 Å². The van der Waals surface area contributed by atoms with Crippen LogP contribution >= 0.6 is 0 Å². The predicted octanol–water partition coefficient (Wildman–Crippen LogP) is 3.39. The van der Waals surface area contributed by atoms with Crippen LogP contribution in [-0.2, 0) is 11.3 Å². The maximum Gasteiger partial charge on any atom is 0.253 e. The topological polar surface area (TPSA) is 87.6 Å². The van der Waals surface area contributed by atoms with E-state index in [2.05, 4.69) is 21.6 Å². The van der Waals surface area contributed by atoms with Crippen molar-refractivity contribution < 1.29 is 24.2 Å². The molecule has 3 aromatic rings. The van der Waals surface area contributed by atoms with Gasteiger partial charge in [0.1, 0.15) is 17.9 Å². The van der Waals surface area contributed by atoms with Crippen LogP contribution in [0.4, 0.5) is 4.39 Å². The molecule has 5 rings (SSSR count). The van der Waals surface area contributed by atoms with Gasteiger partial charge in [0.15, 0.2) is 0 Å². The SMILES string of the molecule is CC1CN(Cc2ccccc2F)CCN1C(c1cccc(O)c1)c1cccc(C(=O)N2CCN(CC=O)CC2)c1.CO. The molecule has 3 aromatic carbocycles. The number of rotatable bonds is 8. The molecule has 2 unspecified atom stereocenters. The molecule has 2 aliphatic heterocycles. The van der Waals surface area contributed by atoms with Gasteiger partial charge in [-0.25, -0.2) is 4.39 Å². The second-order valence-corrected chi connectivity index (χ2v) is 10.8. The molecule has 1 amide bonds. The van der Waals surface area contributed by atoms with Gasteiger partial charge < -0.3 is 19.9 Å². The van der Waals surface area contributed by atoms with Gasteiger partial charge in [0.05, 0.1) is 12.6 Å². The summed E-state index contributed by atoms with van der Waals surface area (Å²) in [7, 11) is 1.00. The first-order valence-corrected chi connectivity index (χ1v) is 14.4. The highest BCUT2D eigenvalue weighted by Crippen LogP contribution is 2.34.